The molecule has 1 fully saturated rings. The second-order valence-electron chi connectivity index (χ2n) is 6.40. The zero-order valence-electron chi connectivity index (χ0n) is 13.3. The molecule has 0 amide bonds. The first-order valence-electron chi connectivity index (χ1n) is 8.25. The van der Waals surface area contributed by atoms with Gasteiger partial charge in [0, 0.05) is 35.5 Å². The van der Waals surface area contributed by atoms with Gasteiger partial charge in [0.1, 0.15) is 0 Å². The van der Waals surface area contributed by atoms with Crippen molar-refractivity contribution in [3.8, 4) is 0 Å². The molecule has 2 aromatic carbocycles. The molecule has 3 heteroatoms. The summed E-state index contributed by atoms with van der Waals surface area (Å²) in [6.45, 7) is 3.83. The maximum atomic E-state index is 13.1. The van der Waals surface area contributed by atoms with Gasteiger partial charge in [0.2, 0.25) is 0 Å². The lowest BCUT2D eigenvalue weighted by Gasteiger charge is -2.32. The third-order valence-electron chi connectivity index (χ3n) is 4.96. The summed E-state index contributed by atoms with van der Waals surface area (Å²) in [4.78, 5) is 28.3. The lowest BCUT2D eigenvalue weighted by atomic mass is 9.81. The minimum atomic E-state index is -0.0217. The van der Waals surface area contributed by atoms with Crippen LogP contribution in [0.3, 0.4) is 0 Å². The summed E-state index contributed by atoms with van der Waals surface area (Å²) in [5.41, 5.74) is 4.08. The Kier molecular flexibility index (Phi) is 3.29. The van der Waals surface area contributed by atoms with Crippen LogP contribution in [0.25, 0.3) is 0 Å². The SMILES string of the molecule is Cc1ccc(N2CCCCC2)c2c1C(=O)c1ccccc1C2=O. The van der Waals surface area contributed by atoms with Crippen molar-refractivity contribution < 1.29 is 9.59 Å². The fourth-order valence-electron chi connectivity index (χ4n) is 3.77. The molecule has 0 N–H and O–H groups in total. The van der Waals surface area contributed by atoms with Gasteiger partial charge in [-0.15, -0.1) is 0 Å². The Bertz CT molecular complexity index is 816. The molecule has 4 rings (SSSR count). The molecule has 0 bridgehead atoms. The lowest BCUT2D eigenvalue weighted by molar-refractivity contribution is 0.0979. The summed E-state index contributed by atoms with van der Waals surface area (Å²) in [6.07, 6.45) is 3.52. The zero-order chi connectivity index (χ0) is 16.0. The van der Waals surface area contributed by atoms with Crippen molar-refractivity contribution in [3.63, 3.8) is 0 Å². The van der Waals surface area contributed by atoms with E-state index >= 15 is 0 Å². The predicted molar refractivity (Wildman–Crippen MR) is 90.6 cm³/mol. The third kappa shape index (κ3) is 2.11. The summed E-state index contributed by atoms with van der Waals surface area (Å²) in [6, 6.07) is 11.1. The molecule has 2 aliphatic rings. The second-order valence-corrected chi connectivity index (χ2v) is 6.40. The van der Waals surface area contributed by atoms with Crippen molar-refractivity contribution in [2.45, 2.75) is 26.2 Å². The largest absolute Gasteiger partial charge is 0.371 e. The zero-order valence-corrected chi connectivity index (χ0v) is 13.3. The molecule has 1 aliphatic heterocycles. The minimum Gasteiger partial charge on any atom is -0.371 e. The molecule has 0 unspecified atom stereocenters. The number of rotatable bonds is 1. The maximum absolute atomic E-state index is 13.1. The van der Waals surface area contributed by atoms with Crippen LogP contribution in [-0.4, -0.2) is 24.7 Å². The number of fused-ring (bicyclic) bond motifs is 2. The molecule has 0 radical (unpaired) electrons. The van der Waals surface area contributed by atoms with Crippen LogP contribution < -0.4 is 4.90 Å². The van der Waals surface area contributed by atoms with Crippen LogP contribution >= 0.6 is 0 Å². The molecule has 0 spiro atoms. The van der Waals surface area contributed by atoms with Gasteiger partial charge in [-0.05, 0) is 37.8 Å². The van der Waals surface area contributed by atoms with Gasteiger partial charge in [0.05, 0.1) is 5.56 Å². The van der Waals surface area contributed by atoms with Crippen molar-refractivity contribution in [2.24, 2.45) is 0 Å². The highest BCUT2D eigenvalue weighted by molar-refractivity contribution is 6.30. The Balaban J connectivity index is 1.94. The molecular formula is C20H19NO2. The Morgan fingerprint density at radius 3 is 2.04 bits per heavy atom. The van der Waals surface area contributed by atoms with Crippen molar-refractivity contribution >= 4 is 17.3 Å². The molecule has 3 nitrogen and oxygen atoms in total. The fourth-order valence-corrected chi connectivity index (χ4v) is 3.77. The van der Waals surface area contributed by atoms with Crippen LogP contribution in [0.5, 0.6) is 0 Å². The number of anilines is 1. The van der Waals surface area contributed by atoms with Crippen LogP contribution in [0.4, 0.5) is 5.69 Å². The van der Waals surface area contributed by atoms with E-state index in [1.807, 2.05) is 31.2 Å². The normalized spacial score (nSPS) is 17.0. The van der Waals surface area contributed by atoms with Gasteiger partial charge in [-0.1, -0.05) is 30.3 Å². The van der Waals surface area contributed by atoms with E-state index in [1.54, 1.807) is 12.1 Å². The van der Waals surface area contributed by atoms with Gasteiger partial charge in [0.15, 0.2) is 11.6 Å². The quantitative estimate of drug-likeness (QED) is 0.687. The average molecular weight is 305 g/mol. The topological polar surface area (TPSA) is 37.4 Å². The first-order valence-corrected chi connectivity index (χ1v) is 8.25. The van der Waals surface area contributed by atoms with Gasteiger partial charge in [-0.3, -0.25) is 9.59 Å². The smallest absolute Gasteiger partial charge is 0.196 e. The number of hydrogen-bond acceptors (Lipinski definition) is 3. The van der Waals surface area contributed by atoms with Crippen LogP contribution in [0.2, 0.25) is 0 Å². The number of carbonyl (C=O) groups is 2. The van der Waals surface area contributed by atoms with Crippen molar-refractivity contribution in [2.75, 3.05) is 18.0 Å². The Labute approximate surface area is 135 Å². The van der Waals surface area contributed by atoms with Crippen LogP contribution in [-0.2, 0) is 0 Å². The molecule has 0 atom stereocenters. The van der Waals surface area contributed by atoms with E-state index in [1.165, 1.54) is 6.42 Å². The second kappa shape index (κ2) is 5.34. The van der Waals surface area contributed by atoms with E-state index in [2.05, 4.69) is 4.90 Å². The summed E-state index contributed by atoms with van der Waals surface area (Å²) in [7, 11) is 0. The van der Waals surface area contributed by atoms with E-state index in [0.29, 0.717) is 22.3 Å². The van der Waals surface area contributed by atoms with E-state index in [4.69, 9.17) is 0 Å². The molecule has 1 aliphatic carbocycles. The molecule has 23 heavy (non-hydrogen) atoms. The van der Waals surface area contributed by atoms with E-state index in [-0.39, 0.29) is 11.6 Å². The van der Waals surface area contributed by atoms with E-state index in [0.717, 1.165) is 37.2 Å². The van der Waals surface area contributed by atoms with Gasteiger partial charge in [-0.2, -0.15) is 0 Å². The molecule has 1 saturated heterocycles. The lowest BCUT2D eigenvalue weighted by Crippen LogP contribution is -2.33. The first-order chi connectivity index (χ1) is 11.2. The van der Waals surface area contributed by atoms with E-state index in [9.17, 15) is 9.59 Å². The molecule has 1 heterocycles. The number of piperidine rings is 1. The predicted octanol–water partition coefficient (Wildman–Crippen LogP) is 3.76. The third-order valence-corrected chi connectivity index (χ3v) is 4.96. The monoisotopic (exact) mass is 305 g/mol. The summed E-state index contributed by atoms with van der Waals surface area (Å²) in [5.74, 6) is -0.0361. The summed E-state index contributed by atoms with van der Waals surface area (Å²) in [5, 5.41) is 0. The number of ketones is 2. The molecule has 2 aromatic rings. The number of hydrogen-bond donors (Lipinski definition) is 0. The highest BCUT2D eigenvalue weighted by Crippen LogP contribution is 2.36. The number of aryl methyl sites for hydroxylation is 1. The Morgan fingerprint density at radius 1 is 0.783 bits per heavy atom. The highest BCUT2D eigenvalue weighted by atomic mass is 16.1. The average Bonchev–Trinajstić information content (AvgIpc) is 2.60. The van der Waals surface area contributed by atoms with E-state index < -0.39 is 0 Å². The number of benzene rings is 2. The van der Waals surface area contributed by atoms with Gasteiger partial charge < -0.3 is 4.90 Å². The van der Waals surface area contributed by atoms with Crippen molar-refractivity contribution in [1.82, 2.24) is 0 Å². The van der Waals surface area contributed by atoms with Gasteiger partial charge in [0.25, 0.3) is 0 Å². The summed E-state index contributed by atoms with van der Waals surface area (Å²) >= 11 is 0. The van der Waals surface area contributed by atoms with Crippen LogP contribution in [0, 0.1) is 6.92 Å². The first kappa shape index (κ1) is 14.2. The molecular weight excluding hydrogens is 286 g/mol. The molecule has 116 valence electrons. The Hall–Kier alpha value is -2.42. The number of carbonyl (C=O) groups excluding carboxylic acids is 2. The van der Waals surface area contributed by atoms with Gasteiger partial charge in [-0.25, -0.2) is 0 Å². The van der Waals surface area contributed by atoms with Gasteiger partial charge >= 0.3 is 0 Å². The fraction of sp³-hybridized carbons (Fsp3) is 0.300. The van der Waals surface area contributed by atoms with Crippen LogP contribution in [0.15, 0.2) is 36.4 Å². The Morgan fingerprint density at radius 2 is 1.39 bits per heavy atom. The minimum absolute atomic E-state index is 0.0144. The van der Waals surface area contributed by atoms with Crippen molar-refractivity contribution in [3.05, 3.63) is 64.2 Å². The highest BCUT2D eigenvalue weighted by Gasteiger charge is 2.34. The maximum Gasteiger partial charge on any atom is 0.196 e. The van der Waals surface area contributed by atoms with Crippen molar-refractivity contribution in [1.29, 1.82) is 0 Å². The van der Waals surface area contributed by atoms with Crippen LogP contribution in [0.1, 0.15) is 56.7 Å². The standard InChI is InChI=1S/C20H19NO2/c1-13-9-10-16(21-11-5-2-6-12-21)18-17(13)19(22)14-7-3-4-8-15(14)20(18)23/h3-4,7-10H,2,5-6,11-12H2,1H3. The molecule has 0 saturated carbocycles. The summed E-state index contributed by atoms with van der Waals surface area (Å²) < 4.78 is 0. The molecule has 0 aromatic heterocycles. The number of nitrogens with zero attached hydrogens (tertiary/aromatic N) is 1.